The fraction of sp³-hybridized carbons (Fsp3) is 0.296. The van der Waals surface area contributed by atoms with Gasteiger partial charge in [0.25, 0.3) is 5.91 Å². The number of aromatic nitrogens is 1. The number of hydrogen-bond acceptors (Lipinski definition) is 7. The number of halogens is 3. The Hall–Kier alpha value is -4.48. The van der Waals surface area contributed by atoms with Crippen molar-refractivity contribution in [1.82, 2.24) is 9.58 Å². The number of ether oxygens (including phenoxy) is 3. The summed E-state index contributed by atoms with van der Waals surface area (Å²) in [7, 11) is 2.62. The maximum absolute atomic E-state index is 15.4. The lowest BCUT2D eigenvalue weighted by atomic mass is 9.88. The molecule has 3 aromatic rings. The monoisotopic (exact) mass is 543 g/mol. The molecule has 0 fully saturated rings. The summed E-state index contributed by atoms with van der Waals surface area (Å²) >= 11 is 0. The van der Waals surface area contributed by atoms with Crippen LogP contribution in [0.4, 0.5) is 18.0 Å². The number of benzene rings is 2. The molecule has 12 heteroatoms. The molecule has 0 bridgehead atoms. The summed E-state index contributed by atoms with van der Waals surface area (Å²) in [5.74, 6) is -3.69. The van der Waals surface area contributed by atoms with E-state index in [2.05, 4.69) is 4.74 Å². The van der Waals surface area contributed by atoms with Crippen LogP contribution >= 0.6 is 0 Å². The van der Waals surface area contributed by atoms with Gasteiger partial charge in [-0.1, -0.05) is 18.2 Å². The van der Waals surface area contributed by atoms with Gasteiger partial charge in [0.05, 0.1) is 7.11 Å². The normalized spacial score (nSPS) is 18.3. The largest absolute Gasteiger partial charge is 0.510 e. The Balaban J connectivity index is 1.75. The Bertz CT molecular complexity index is 1510. The van der Waals surface area contributed by atoms with E-state index in [4.69, 9.17) is 9.47 Å². The topological polar surface area (TPSA) is 90.3 Å². The minimum absolute atomic E-state index is 0.153. The molecule has 5 rings (SSSR count). The maximum Gasteiger partial charge on any atom is 0.510 e. The molecule has 39 heavy (non-hydrogen) atoms. The zero-order chi connectivity index (χ0) is 27.8. The first-order chi connectivity index (χ1) is 18.7. The van der Waals surface area contributed by atoms with Gasteiger partial charge < -0.3 is 19.1 Å². The summed E-state index contributed by atoms with van der Waals surface area (Å²) in [6.07, 6.45) is 0.916. The second kappa shape index (κ2) is 10.4. The zero-order valence-electron chi connectivity index (χ0n) is 21.0. The molecule has 2 atom stereocenters. The van der Waals surface area contributed by atoms with Crippen LogP contribution in [0, 0.1) is 17.5 Å². The Labute approximate surface area is 220 Å². The first-order valence-electron chi connectivity index (χ1n) is 12.1. The minimum atomic E-state index is -1.10. The maximum atomic E-state index is 15.4. The van der Waals surface area contributed by atoms with Crippen LogP contribution in [0.5, 0.6) is 5.75 Å². The van der Waals surface area contributed by atoms with E-state index in [-0.39, 0.29) is 11.3 Å². The van der Waals surface area contributed by atoms with Crippen molar-refractivity contribution in [2.45, 2.75) is 31.5 Å². The van der Waals surface area contributed by atoms with E-state index in [0.29, 0.717) is 30.4 Å². The van der Waals surface area contributed by atoms with E-state index in [1.54, 1.807) is 11.1 Å². The summed E-state index contributed by atoms with van der Waals surface area (Å²) in [6.45, 7) is -0.719. The molecule has 2 aromatic carbocycles. The van der Waals surface area contributed by atoms with Crippen LogP contribution in [0.15, 0.2) is 53.5 Å². The highest BCUT2D eigenvalue weighted by Crippen LogP contribution is 2.40. The predicted molar refractivity (Wildman–Crippen MR) is 131 cm³/mol. The molecule has 3 heterocycles. The Morgan fingerprint density at radius 3 is 2.51 bits per heavy atom. The fourth-order valence-electron chi connectivity index (χ4n) is 5.18. The smallest absolute Gasteiger partial charge is 0.451 e. The van der Waals surface area contributed by atoms with Gasteiger partial charge in [-0.25, -0.2) is 18.0 Å². The summed E-state index contributed by atoms with van der Waals surface area (Å²) < 4.78 is 60.3. The summed E-state index contributed by atoms with van der Waals surface area (Å²) in [5.41, 5.74) is 0.0810. The molecule has 204 valence electrons. The van der Waals surface area contributed by atoms with Crippen LogP contribution in [0.25, 0.3) is 0 Å². The van der Waals surface area contributed by atoms with Crippen molar-refractivity contribution >= 4 is 12.1 Å². The zero-order valence-corrected chi connectivity index (χ0v) is 21.0. The third kappa shape index (κ3) is 4.55. The number of pyridine rings is 1. The lowest BCUT2D eigenvalue weighted by Crippen LogP contribution is -2.61. The van der Waals surface area contributed by atoms with Crippen LogP contribution in [-0.2, 0) is 15.9 Å². The molecular formula is C27H24F3N3O6. The lowest BCUT2D eigenvalue weighted by Gasteiger charge is -2.50. The van der Waals surface area contributed by atoms with Crippen LogP contribution in [0.2, 0.25) is 0 Å². The van der Waals surface area contributed by atoms with Gasteiger partial charge in [0.1, 0.15) is 18.0 Å². The number of carbonyl (C=O) groups excluding carboxylic acids is 2. The highest BCUT2D eigenvalue weighted by molar-refractivity contribution is 5.96. The Morgan fingerprint density at radius 1 is 1.03 bits per heavy atom. The molecular weight excluding hydrogens is 519 g/mol. The van der Waals surface area contributed by atoms with Crippen molar-refractivity contribution in [1.29, 1.82) is 0 Å². The van der Waals surface area contributed by atoms with Gasteiger partial charge in [-0.05, 0) is 48.6 Å². The van der Waals surface area contributed by atoms with E-state index in [9.17, 15) is 23.2 Å². The van der Waals surface area contributed by atoms with Gasteiger partial charge in [0.15, 0.2) is 17.3 Å². The number of nitrogens with zero attached hydrogens (tertiary/aromatic N) is 3. The molecule has 0 spiro atoms. The molecule has 0 radical (unpaired) electrons. The van der Waals surface area contributed by atoms with Crippen LogP contribution in [-0.4, -0.2) is 48.8 Å². The average Bonchev–Trinajstić information content (AvgIpc) is 2.91. The van der Waals surface area contributed by atoms with Gasteiger partial charge >= 0.3 is 6.16 Å². The van der Waals surface area contributed by atoms with E-state index >= 15 is 4.39 Å². The molecule has 0 N–H and O–H groups in total. The molecule has 0 saturated carbocycles. The van der Waals surface area contributed by atoms with Crippen LogP contribution < -0.4 is 15.2 Å². The molecule has 0 saturated heterocycles. The van der Waals surface area contributed by atoms with Crippen molar-refractivity contribution in [3.05, 3.63) is 98.7 Å². The lowest BCUT2D eigenvalue weighted by molar-refractivity contribution is 0.0131. The molecule has 1 aromatic heterocycles. The molecule has 9 nitrogen and oxygen atoms in total. The number of fused-ring (bicyclic) bond motifs is 4. The highest BCUT2D eigenvalue weighted by atomic mass is 19.2. The van der Waals surface area contributed by atoms with E-state index < -0.39 is 59.7 Å². The first kappa shape index (κ1) is 26.1. The van der Waals surface area contributed by atoms with Crippen LogP contribution in [0.1, 0.15) is 46.1 Å². The SMILES string of the molecule is COC(=O)OCOc1c2n(ccc1=O)N1[C@@H](c3ccccc3F)c3cc(F)c(F)cc3CCC[C@@H]1N(C)C2=O. The third-order valence-corrected chi connectivity index (χ3v) is 6.96. The van der Waals surface area contributed by atoms with Crippen LogP contribution in [0.3, 0.4) is 0 Å². The summed E-state index contributed by atoms with van der Waals surface area (Å²) in [4.78, 5) is 39.2. The van der Waals surface area contributed by atoms with Gasteiger partial charge in [0, 0.05) is 24.9 Å². The molecule has 2 aliphatic rings. The van der Waals surface area contributed by atoms with E-state index in [1.807, 2.05) is 0 Å². The summed E-state index contributed by atoms with van der Waals surface area (Å²) in [5, 5.41) is 1.65. The van der Waals surface area contributed by atoms with E-state index in [0.717, 1.165) is 25.3 Å². The number of methoxy groups -OCH3 is 1. The van der Waals surface area contributed by atoms with Crippen molar-refractivity contribution in [3.8, 4) is 5.75 Å². The molecule has 2 aliphatic heterocycles. The predicted octanol–water partition coefficient (Wildman–Crippen LogP) is 3.86. The van der Waals surface area contributed by atoms with Crippen molar-refractivity contribution in [2.24, 2.45) is 0 Å². The third-order valence-electron chi connectivity index (χ3n) is 6.96. The number of rotatable bonds is 4. The fourth-order valence-corrected chi connectivity index (χ4v) is 5.18. The molecule has 0 unspecified atom stereocenters. The first-order valence-corrected chi connectivity index (χ1v) is 12.1. The Kier molecular flexibility index (Phi) is 6.94. The van der Waals surface area contributed by atoms with Gasteiger partial charge in [-0.3, -0.25) is 19.3 Å². The Morgan fingerprint density at radius 2 is 1.77 bits per heavy atom. The van der Waals surface area contributed by atoms with Gasteiger partial charge in [0.2, 0.25) is 18.0 Å². The highest BCUT2D eigenvalue weighted by Gasteiger charge is 2.44. The second-order valence-electron chi connectivity index (χ2n) is 9.12. The average molecular weight is 543 g/mol. The van der Waals surface area contributed by atoms with Gasteiger partial charge in [-0.2, -0.15) is 0 Å². The van der Waals surface area contributed by atoms with E-state index in [1.165, 1.54) is 41.0 Å². The minimum Gasteiger partial charge on any atom is -0.451 e. The standard InChI is InChI=1S/C27H24F3N3O6/c1-31-22-9-5-6-15-12-19(29)20(30)13-17(15)23(16-7-3-4-8-18(16)28)33(22)32-11-10-21(34)25(24(32)26(31)35)38-14-39-27(36)37-2/h3-4,7-8,10-13,22-23H,5-6,9,14H2,1-2H3/t22-,23+/m1/s1. The number of aryl methyl sites for hydroxylation is 1. The number of amides is 1. The molecule has 0 aliphatic carbocycles. The van der Waals surface area contributed by atoms with Crippen molar-refractivity contribution in [3.63, 3.8) is 0 Å². The van der Waals surface area contributed by atoms with Crippen molar-refractivity contribution in [2.75, 3.05) is 26.0 Å². The van der Waals surface area contributed by atoms with Crippen molar-refractivity contribution < 1.29 is 37.0 Å². The quantitative estimate of drug-likeness (QED) is 0.365. The molecule has 1 amide bonds. The van der Waals surface area contributed by atoms with Gasteiger partial charge in [-0.15, -0.1) is 0 Å². The number of hydrogen-bond donors (Lipinski definition) is 0. The number of carbonyl (C=O) groups is 2. The summed E-state index contributed by atoms with van der Waals surface area (Å²) in [6, 6.07) is 8.20. The second-order valence-corrected chi connectivity index (χ2v) is 9.12.